The molecule has 0 unspecified atom stereocenters. The maximum Gasteiger partial charge on any atom is 0.251 e. The largest absolute Gasteiger partial charge is 0.394 e. The summed E-state index contributed by atoms with van der Waals surface area (Å²) in [5.74, 6) is -0.939. The van der Waals surface area contributed by atoms with Crippen molar-refractivity contribution in [3.63, 3.8) is 0 Å². The summed E-state index contributed by atoms with van der Waals surface area (Å²) in [6, 6.07) is 10.7. The summed E-state index contributed by atoms with van der Waals surface area (Å²) in [6.45, 7) is 0.601. The third-order valence-electron chi connectivity index (χ3n) is 4.55. The van der Waals surface area contributed by atoms with Crippen molar-refractivity contribution in [1.82, 2.24) is 20.8 Å². The Morgan fingerprint density at radius 3 is 2.41 bits per heavy atom. The molecule has 0 bridgehead atoms. The monoisotopic (exact) mass is 442 g/mol. The number of carbonyl (C=O) groups is 2. The number of nitrogens with one attached hydrogen (secondary N) is 2. The van der Waals surface area contributed by atoms with E-state index < -0.39 is 24.4 Å². The fourth-order valence-corrected chi connectivity index (χ4v) is 2.81. The van der Waals surface area contributed by atoms with Crippen molar-refractivity contribution in [2.24, 2.45) is 0 Å². The van der Waals surface area contributed by atoms with Gasteiger partial charge in [0.05, 0.1) is 6.61 Å². The highest BCUT2D eigenvalue weighted by atomic mass is 19.1. The van der Waals surface area contributed by atoms with Crippen LogP contribution in [0.2, 0.25) is 0 Å². The third-order valence-corrected chi connectivity index (χ3v) is 4.55. The van der Waals surface area contributed by atoms with Crippen LogP contribution in [-0.4, -0.2) is 53.9 Å². The molecule has 0 saturated carbocycles. The van der Waals surface area contributed by atoms with Gasteiger partial charge in [0.25, 0.3) is 17.7 Å². The number of aliphatic hydroxyl groups excluding tert-OH is 1. The van der Waals surface area contributed by atoms with Crippen molar-refractivity contribution >= 4 is 11.8 Å². The van der Waals surface area contributed by atoms with Gasteiger partial charge in [0.1, 0.15) is 11.9 Å². The van der Waals surface area contributed by atoms with E-state index in [1.165, 1.54) is 12.1 Å². The molecule has 10 heteroatoms. The molecule has 3 aromatic rings. The summed E-state index contributed by atoms with van der Waals surface area (Å²) in [5, 5.41) is 18.9. The van der Waals surface area contributed by atoms with Gasteiger partial charge in [-0.05, 0) is 42.8 Å². The average molecular weight is 442 g/mol. The van der Waals surface area contributed by atoms with Crippen LogP contribution < -0.4 is 10.6 Å². The van der Waals surface area contributed by atoms with Crippen molar-refractivity contribution in [1.29, 1.82) is 0 Å². The van der Waals surface area contributed by atoms with Crippen molar-refractivity contribution in [2.45, 2.75) is 12.5 Å². The number of ether oxygens (including phenoxy) is 1. The summed E-state index contributed by atoms with van der Waals surface area (Å²) in [5.41, 5.74) is 1.30. The second-order valence-corrected chi connectivity index (χ2v) is 6.85. The molecule has 2 aromatic carbocycles. The van der Waals surface area contributed by atoms with Crippen LogP contribution in [0.4, 0.5) is 4.39 Å². The molecule has 9 nitrogen and oxygen atoms in total. The van der Waals surface area contributed by atoms with E-state index in [0.717, 1.165) is 18.6 Å². The molecule has 32 heavy (non-hydrogen) atoms. The fraction of sp³-hybridized carbons (Fsp3) is 0.273. The van der Waals surface area contributed by atoms with Crippen LogP contribution in [-0.2, 0) is 4.74 Å². The minimum absolute atomic E-state index is 0.0120. The lowest BCUT2D eigenvalue weighted by Gasteiger charge is -2.12. The number of hydrogen-bond acceptors (Lipinski definition) is 7. The maximum atomic E-state index is 13.0. The normalized spacial score (nSPS) is 11.7. The van der Waals surface area contributed by atoms with Crippen molar-refractivity contribution < 1.29 is 28.3 Å². The Morgan fingerprint density at radius 1 is 1.09 bits per heavy atom. The molecule has 0 radical (unpaired) electrons. The van der Waals surface area contributed by atoms with E-state index in [4.69, 9.17) is 9.26 Å². The predicted octanol–water partition coefficient (Wildman–Crippen LogP) is 2.11. The first-order valence-electron chi connectivity index (χ1n) is 9.90. The minimum atomic E-state index is -0.939. The topological polar surface area (TPSA) is 127 Å². The van der Waals surface area contributed by atoms with Gasteiger partial charge in [0.2, 0.25) is 5.82 Å². The molecular formula is C22H23FN4O5. The van der Waals surface area contributed by atoms with Crippen LogP contribution in [0.3, 0.4) is 0 Å². The lowest BCUT2D eigenvalue weighted by atomic mass is 10.1. The highest BCUT2D eigenvalue weighted by Crippen LogP contribution is 2.20. The SMILES string of the molecule is COCCCNC(=O)c1ccc(-c2noc([C@H](CO)NC(=O)c3ccc(F)cc3)n2)cc1. The summed E-state index contributed by atoms with van der Waals surface area (Å²) >= 11 is 0. The second kappa shape index (κ2) is 11.1. The Hall–Kier alpha value is -3.63. The van der Waals surface area contributed by atoms with Crippen molar-refractivity contribution in [3.8, 4) is 11.4 Å². The highest BCUT2D eigenvalue weighted by molar-refractivity contribution is 5.95. The number of methoxy groups -OCH3 is 1. The number of nitrogens with zero attached hydrogens (tertiary/aromatic N) is 2. The number of hydrogen-bond donors (Lipinski definition) is 3. The molecule has 0 fully saturated rings. The van der Waals surface area contributed by atoms with Gasteiger partial charge in [0, 0.05) is 37.0 Å². The average Bonchev–Trinajstić information content (AvgIpc) is 3.30. The van der Waals surface area contributed by atoms with Gasteiger partial charge >= 0.3 is 0 Å². The van der Waals surface area contributed by atoms with Crippen LogP contribution >= 0.6 is 0 Å². The molecule has 0 aliphatic heterocycles. The molecule has 1 aromatic heterocycles. The van der Waals surface area contributed by atoms with E-state index >= 15 is 0 Å². The highest BCUT2D eigenvalue weighted by Gasteiger charge is 2.22. The molecule has 3 N–H and O–H groups in total. The fourth-order valence-electron chi connectivity index (χ4n) is 2.81. The number of halogens is 1. The van der Waals surface area contributed by atoms with Crippen LogP contribution in [0, 0.1) is 5.82 Å². The van der Waals surface area contributed by atoms with Crippen molar-refractivity contribution in [2.75, 3.05) is 26.9 Å². The number of aromatic nitrogens is 2. The van der Waals surface area contributed by atoms with E-state index in [9.17, 15) is 19.1 Å². The van der Waals surface area contributed by atoms with E-state index in [0.29, 0.717) is 24.3 Å². The Bertz CT molecular complexity index is 1040. The lowest BCUT2D eigenvalue weighted by Crippen LogP contribution is -2.31. The smallest absolute Gasteiger partial charge is 0.251 e. The van der Waals surface area contributed by atoms with Crippen LogP contribution in [0.15, 0.2) is 53.1 Å². The molecule has 1 atom stereocenters. The molecule has 1 heterocycles. The van der Waals surface area contributed by atoms with Crippen LogP contribution in [0.1, 0.15) is 39.1 Å². The molecule has 0 aliphatic rings. The number of benzene rings is 2. The van der Waals surface area contributed by atoms with Gasteiger partial charge in [-0.3, -0.25) is 9.59 Å². The number of carbonyl (C=O) groups excluding carboxylic acids is 2. The Balaban J connectivity index is 1.64. The third kappa shape index (κ3) is 5.96. The van der Waals surface area contributed by atoms with Gasteiger partial charge in [-0.1, -0.05) is 17.3 Å². The molecular weight excluding hydrogens is 419 g/mol. The first kappa shape index (κ1) is 23.0. The van der Waals surface area contributed by atoms with E-state index in [-0.39, 0.29) is 23.2 Å². The van der Waals surface area contributed by atoms with Crippen molar-refractivity contribution in [3.05, 3.63) is 71.4 Å². The molecule has 168 valence electrons. The van der Waals surface area contributed by atoms with Gasteiger partial charge in [-0.15, -0.1) is 0 Å². The van der Waals surface area contributed by atoms with Crippen LogP contribution in [0.25, 0.3) is 11.4 Å². The predicted molar refractivity (Wildman–Crippen MR) is 112 cm³/mol. The zero-order valence-corrected chi connectivity index (χ0v) is 17.4. The quantitative estimate of drug-likeness (QED) is 0.411. The molecule has 0 spiro atoms. The van der Waals surface area contributed by atoms with Crippen LogP contribution in [0.5, 0.6) is 0 Å². The molecule has 2 amide bonds. The minimum Gasteiger partial charge on any atom is -0.394 e. The zero-order valence-electron chi connectivity index (χ0n) is 17.4. The van der Waals surface area contributed by atoms with Gasteiger partial charge in [-0.2, -0.15) is 4.98 Å². The van der Waals surface area contributed by atoms with Gasteiger partial charge < -0.3 is 25.0 Å². The Kier molecular flexibility index (Phi) is 8.01. The Morgan fingerprint density at radius 2 is 1.75 bits per heavy atom. The van der Waals surface area contributed by atoms with E-state index in [2.05, 4.69) is 20.8 Å². The maximum absolute atomic E-state index is 13.0. The summed E-state index contributed by atoms with van der Waals surface area (Å²) in [4.78, 5) is 28.7. The first-order valence-corrected chi connectivity index (χ1v) is 9.90. The van der Waals surface area contributed by atoms with E-state index in [1.807, 2.05) is 0 Å². The summed E-state index contributed by atoms with van der Waals surface area (Å²) in [6.07, 6.45) is 0.718. The summed E-state index contributed by atoms with van der Waals surface area (Å²) < 4.78 is 23.2. The lowest BCUT2D eigenvalue weighted by molar-refractivity contribution is 0.0900. The number of rotatable bonds is 10. The Labute approximate surface area is 183 Å². The second-order valence-electron chi connectivity index (χ2n) is 6.85. The first-order chi connectivity index (χ1) is 15.5. The molecule has 3 rings (SSSR count). The van der Waals surface area contributed by atoms with E-state index in [1.54, 1.807) is 31.4 Å². The number of amides is 2. The zero-order chi connectivity index (χ0) is 22.9. The standard InChI is InChI=1S/C22H23FN4O5/c1-31-12-2-11-24-20(29)15-5-3-14(4-6-15)19-26-22(32-27-19)18(13-28)25-21(30)16-7-9-17(23)10-8-16/h3-10,18,28H,2,11-13H2,1H3,(H,24,29)(H,25,30)/t18-/m0/s1. The van der Waals surface area contributed by atoms with Gasteiger partial charge in [-0.25, -0.2) is 4.39 Å². The van der Waals surface area contributed by atoms with Gasteiger partial charge in [0.15, 0.2) is 0 Å². The molecule has 0 saturated heterocycles. The summed E-state index contributed by atoms with van der Waals surface area (Å²) in [7, 11) is 1.60. The molecule has 0 aliphatic carbocycles. The number of aliphatic hydroxyl groups is 1.